The van der Waals surface area contributed by atoms with E-state index in [4.69, 9.17) is 0 Å². The lowest BCUT2D eigenvalue weighted by Crippen LogP contribution is -2.51. The molecule has 0 atom stereocenters. The first kappa shape index (κ1) is 19.5. The van der Waals surface area contributed by atoms with Crippen molar-refractivity contribution in [2.75, 3.05) is 31.9 Å². The van der Waals surface area contributed by atoms with Gasteiger partial charge in [0.25, 0.3) is 0 Å². The van der Waals surface area contributed by atoms with Crippen LogP contribution in [-0.2, 0) is 34.7 Å². The first-order valence-electron chi connectivity index (χ1n) is 9.45. The van der Waals surface area contributed by atoms with Crippen molar-refractivity contribution in [1.82, 2.24) is 18.8 Å². The van der Waals surface area contributed by atoms with E-state index in [1.54, 1.807) is 17.2 Å². The minimum absolute atomic E-state index is 0.0163. The zero-order valence-electron chi connectivity index (χ0n) is 15.9. The fraction of sp³-hybridized carbons (Fsp3) is 0.474. The van der Waals surface area contributed by atoms with Crippen LogP contribution in [0.4, 0.5) is 0 Å². The molecule has 0 unspecified atom stereocenters. The van der Waals surface area contributed by atoms with Gasteiger partial charge in [-0.05, 0) is 42.5 Å². The zero-order valence-corrected chi connectivity index (χ0v) is 17.5. The molecule has 0 N–H and O–H groups in total. The average Bonchev–Trinajstić information content (AvgIpc) is 3.34. The van der Waals surface area contributed by atoms with Crippen LogP contribution in [-0.4, -0.2) is 65.0 Å². The summed E-state index contributed by atoms with van der Waals surface area (Å²) in [4.78, 5) is 18.8. The van der Waals surface area contributed by atoms with Crippen LogP contribution in [0.5, 0.6) is 0 Å². The summed E-state index contributed by atoms with van der Waals surface area (Å²) in [5.41, 5.74) is 2.42. The van der Waals surface area contributed by atoms with Crippen LogP contribution < -0.4 is 0 Å². The fourth-order valence-corrected chi connectivity index (χ4v) is 6.05. The topological polar surface area (TPSA) is 75.5 Å². The van der Waals surface area contributed by atoms with Crippen LogP contribution in [0.25, 0.3) is 0 Å². The second-order valence-corrected chi connectivity index (χ2v) is 10.1. The number of thioether (sulfide) groups is 1. The summed E-state index contributed by atoms with van der Waals surface area (Å²) in [5.74, 6) is 0.324. The number of aromatic nitrogens is 2. The minimum atomic E-state index is -3.51. The maximum Gasteiger partial charge on any atom is 0.243 e. The van der Waals surface area contributed by atoms with Gasteiger partial charge in [0, 0.05) is 45.6 Å². The lowest BCUT2D eigenvalue weighted by Gasteiger charge is -2.34. The maximum atomic E-state index is 13.0. The van der Waals surface area contributed by atoms with E-state index in [9.17, 15) is 13.2 Å². The van der Waals surface area contributed by atoms with Gasteiger partial charge < -0.3 is 9.47 Å². The van der Waals surface area contributed by atoms with Crippen molar-refractivity contribution in [3.05, 3.63) is 41.7 Å². The van der Waals surface area contributed by atoms with Crippen LogP contribution in [0.15, 0.2) is 40.6 Å². The summed E-state index contributed by atoms with van der Waals surface area (Å²) in [6.07, 6.45) is 6.63. The highest BCUT2D eigenvalue weighted by Crippen LogP contribution is 2.27. The normalized spacial score (nSPS) is 17.7. The van der Waals surface area contributed by atoms with Gasteiger partial charge in [-0.1, -0.05) is 17.8 Å². The molecular weight excluding hydrogens is 396 g/mol. The number of sulfonamides is 1. The molecule has 28 heavy (non-hydrogen) atoms. The Morgan fingerprint density at radius 3 is 2.61 bits per heavy atom. The van der Waals surface area contributed by atoms with Crippen LogP contribution in [0.1, 0.15) is 17.5 Å². The molecule has 1 aliphatic heterocycles. The van der Waals surface area contributed by atoms with Crippen molar-refractivity contribution in [3.63, 3.8) is 0 Å². The molecule has 9 heteroatoms. The Morgan fingerprint density at radius 2 is 1.89 bits per heavy atom. The number of piperazine rings is 1. The summed E-state index contributed by atoms with van der Waals surface area (Å²) in [6.45, 7) is 1.50. The number of fused-ring (bicyclic) bond motifs is 1. The Balaban J connectivity index is 1.35. The number of carbonyl (C=O) groups excluding carboxylic acids is 1. The minimum Gasteiger partial charge on any atom is -0.339 e. The lowest BCUT2D eigenvalue weighted by molar-refractivity contribution is -0.129. The van der Waals surface area contributed by atoms with Gasteiger partial charge in [0.2, 0.25) is 15.9 Å². The molecule has 1 aliphatic carbocycles. The number of hydrogen-bond acceptors (Lipinski definition) is 5. The Kier molecular flexibility index (Phi) is 5.48. The summed E-state index contributed by atoms with van der Waals surface area (Å²) >= 11 is 1.40. The number of rotatable bonds is 5. The Hall–Kier alpha value is -1.84. The number of carbonyl (C=O) groups is 1. The van der Waals surface area contributed by atoms with Crippen LogP contribution in [0.3, 0.4) is 0 Å². The van der Waals surface area contributed by atoms with E-state index in [1.807, 2.05) is 29.9 Å². The number of amides is 1. The molecular formula is C19H24N4O3S2. The predicted molar refractivity (Wildman–Crippen MR) is 108 cm³/mol. The van der Waals surface area contributed by atoms with E-state index < -0.39 is 10.0 Å². The van der Waals surface area contributed by atoms with Gasteiger partial charge in [0.15, 0.2) is 5.16 Å². The Bertz CT molecular complexity index is 979. The number of nitrogens with zero attached hydrogens (tertiary/aromatic N) is 4. The van der Waals surface area contributed by atoms with E-state index in [1.165, 1.54) is 21.6 Å². The zero-order chi connectivity index (χ0) is 19.7. The SMILES string of the molecule is Cn1ccnc1SCC(=O)N1CCN(S(=O)(=O)c2ccc3c(c2)CCC3)CC1. The molecule has 2 heterocycles. The third-order valence-corrected chi connectivity index (χ3v) is 8.34. The number of hydrogen-bond donors (Lipinski definition) is 0. The molecule has 4 rings (SSSR count). The molecule has 1 aromatic heterocycles. The quantitative estimate of drug-likeness (QED) is 0.686. The molecule has 1 amide bonds. The molecule has 0 saturated carbocycles. The van der Waals surface area contributed by atoms with E-state index in [0.29, 0.717) is 36.8 Å². The highest BCUT2D eigenvalue weighted by atomic mass is 32.2. The van der Waals surface area contributed by atoms with E-state index in [0.717, 1.165) is 30.0 Å². The van der Waals surface area contributed by atoms with Crippen LogP contribution in [0, 0.1) is 0 Å². The first-order valence-corrected chi connectivity index (χ1v) is 11.9. The van der Waals surface area contributed by atoms with Crippen molar-refractivity contribution >= 4 is 27.7 Å². The molecule has 1 saturated heterocycles. The molecule has 1 aromatic carbocycles. The number of imidazole rings is 1. The lowest BCUT2D eigenvalue weighted by atomic mass is 10.1. The Labute approximate surface area is 169 Å². The van der Waals surface area contributed by atoms with E-state index >= 15 is 0 Å². The van der Waals surface area contributed by atoms with Gasteiger partial charge in [-0.15, -0.1) is 0 Å². The molecule has 0 bridgehead atoms. The summed E-state index contributed by atoms with van der Waals surface area (Å²) in [5, 5.41) is 0.797. The van der Waals surface area contributed by atoms with Crippen molar-refractivity contribution in [1.29, 1.82) is 0 Å². The van der Waals surface area contributed by atoms with Gasteiger partial charge in [-0.25, -0.2) is 13.4 Å². The fourth-order valence-electron chi connectivity index (χ4n) is 3.74. The predicted octanol–water partition coefficient (Wildman–Crippen LogP) is 1.53. The smallest absolute Gasteiger partial charge is 0.243 e. The number of benzene rings is 1. The van der Waals surface area contributed by atoms with Crippen molar-refractivity contribution in [3.8, 4) is 0 Å². The first-order chi connectivity index (χ1) is 13.4. The third kappa shape index (κ3) is 3.83. The summed E-state index contributed by atoms with van der Waals surface area (Å²) < 4.78 is 29.4. The standard InChI is InChI=1S/C19H24N4O3S2/c1-21-8-7-20-19(21)27-14-18(24)22-9-11-23(12-10-22)28(25,26)17-6-5-15-3-2-4-16(15)13-17/h5-8,13H,2-4,9-12,14H2,1H3. The maximum absolute atomic E-state index is 13.0. The van der Waals surface area contributed by atoms with Crippen LogP contribution in [0.2, 0.25) is 0 Å². The molecule has 2 aliphatic rings. The summed E-state index contributed by atoms with van der Waals surface area (Å²) in [6, 6.07) is 5.50. The Morgan fingerprint density at radius 1 is 1.14 bits per heavy atom. The highest BCUT2D eigenvalue weighted by molar-refractivity contribution is 7.99. The van der Waals surface area contributed by atoms with Crippen molar-refractivity contribution in [2.45, 2.75) is 29.3 Å². The highest BCUT2D eigenvalue weighted by Gasteiger charge is 2.30. The second kappa shape index (κ2) is 7.88. The molecule has 7 nitrogen and oxygen atoms in total. The average molecular weight is 421 g/mol. The third-order valence-electron chi connectivity index (χ3n) is 5.40. The largest absolute Gasteiger partial charge is 0.339 e. The molecule has 1 fully saturated rings. The number of aryl methyl sites for hydroxylation is 3. The molecule has 150 valence electrons. The molecule has 0 spiro atoms. The van der Waals surface area contributed by atoms with E-state index in [-0.39, 0.29) is 5.91 Å². The summed E-state index contributed by atoms with van der Waals surface area (Å²) in [7, 11) is -1.62. The van der Waals surface area contributed by atoms with E-state index in [2.05, 4.69) is 4.98 Å². The van der Waals surface area contributed by atoms with Gasteiger partial charge in [0.05, 0.1) is 10.6 Å². The van der Waals surface area contributed by atoms with Gasteiger partial charge in [0.1, 0.15) is 0 Å². The molecule has 2 aromatic rings. The second-order valence-electron chi connectivity index (χ2n) is 7.18. The van der Waals surface area contributed by atoms with Gasteiger partial charge >= 0.3 is 0 Å². The van der Waals surface area contributed by atoms with Gasteiger partial charge in [-0.3, -0.25) is 4.79 Å². The molecule has 0 radical (unpaired) electrons. The van der Waals surface area contributed by atoms with Crippen molar-refractivity contribution < 1.29 is 13.2 Å². The van der Waals surface area contributed by atoms with Crippen LogP contribution >= 0.6 is 11.8 Å². The van der Waals surface area contributed by atoms with Crippen molar-refractivity contribution in [2.24, 2.45) is 7.05 Å². The monoisotopic (exact) mass is 420 g/mol. The van der Waals surface area contributed by atoms with Gasteiger partial charge in [-0.2, -0.15) is 4.31 Å².